The van der Waals surface area contributed by atoms with Crippen molar-refractivity contribution in [2.24, 2.45) is 0 Å². The van der Waals surface area contributed by atoms with Crippen LogP contribution in [-0.4, -0.2) is 25.5 Å². The van der Waals surface area contributed by atoms with Crippen molar-refractivity contribution in [1.82, 2.24) is 9.97 Å². The van der Waals surface area contributed by atoms with Gasteiger partial charge in [0.15, 0.2) is 0 Å². The average molecular weight is 189 g/mol. The van der Waals surface area contributed by atoms with Crippen LogP contribution in [0.5, 0.6) is 0 Å². The molecular weight excluding hydrogens is 183 g/mol. The van der Waals surface area contributed by atoms with Crippen molar-refractivity contribution in [3.63, 3.8) is 0 Å². The molecule has 0 spiro atoms. The summed E-state index contributed by atoms with van der Waals surface area (Å²) in [5.74, 6) is 0. The molecule has 0 fully saturated rings. The Labute approximate surface area is 59.5 Å². The number of nitrogens with one attached hydrogen (secondary N) is 2. The van der Waals surface area contributed by atoms with Crippen molar-refractivity contribution in [3.8, 4) is 0 Å². The summed E-state index contributed by atoms with van der Waals surface area (Å²) in [6, 6.07) is 0. The van der Waals surface area contributed by atoms with E-state index in [1.54, 1.807) is 6.20 Å². The third-order valence-electron chi connectivity index (χ3n) is 1.00. The first-order valence-corrected chi connectivity index (χ1v) is 3.34. The molecule has 9 heavy (non-hydrogen) atoms. The molecule has 0 aliphatic rings. The zero-order chi connectivity index (χ0) is 6.85. The molecule has 0 aliphatic carbocycles. The number of aryl methyl sites for hydroxylation is 1. The average Bonchev–Trinajstić information content (AvgIpc) is 1.80. The number of rotatable bonds is 0. The van der Waals surface area contributed by atoms with E-state index in [0.717, 1.165) is 9.76 Å². The third-order valence-corrected chi connectivity index (χ3v) is 1.89. The molecule has 1 rings (SSSR count). The molecule has 0 amide bonds. The van der Waals surface area contributed by atoms with E-state index < -0.39 is 0 Å². The third kappa shape index (κ3) is 1.40. The molecule has 0 aromatic carbocycles. The van der Waals surface area contributed by atoms with Crippen LogP contribution in [0.25, 0.3) is 0 Å². The van der Waals surface area contributed by atoms with Crippen LogP contribution in [0.3, 0.4) is 0 Å². The minimum atomic E-state index is -0.186. The molecule has 0 unspecified atom stereocenters. The van der Waals surface area contributed by atoms with Gasteiger partial charge in [-0.3, -0.25) is 0 Å². The zero-order valence-corrected chi connectivity index (χ0v) is 6.61. The maximum absolute atomic E-state index is 10.5. The molecule has 0 bridgehead atoms. The van der Waals surface area contributed by atoms with Gasteiger partial charge in [-0.1, -0.05) is 0 Å². The normalized spacial score (nSPS) is 9.44. The van der Waals surface area contributed by atoms with Gasteiger partial charge in [-0.2, -0.15) is 0 Å². The molecule has 0 saturated heterocycles. The van der Waals surface area contributed by atoms with Crippen molar-refractivity contribution < 1.29 is 0 Å². The predicted molar refractivity (Wildman–Crippen MR) is 35.1 cm³/mol. The molecule has 1 heterocycles. The fourth-order valence-corrected chi connectivity index (χ4v) is 0.795. The van der Waals surface area contributed by atoms with E-state index in [2.05, 4.69) is 25.5 Å². The van der Waals surface area contributed by atoms with Crippen molar-refractivity contribution in [2.75, 3.05) is 0 Å². The first-order valence-electron chi connectivity index (χ1n) is 2.49. The fraction of sp³-hybridized carbons (Fsp3) is 0.200. The van der Waals surface area contributed by atoms with E-state index in [1.165, 1.54) is 0 Å². The fourth-order valence-electron chi connectivity index (χ4n) is 0.477. The van der Waals surface area contributed by atoms with E-state index >= 15 is 0 Å². The molecule has 1 aromatic rings. The van der Waals surface area contributed by atoms with Crippen LogP contribution >= 0.6 is 0 Å². The van der Waals surface area contributed by atoms with Crippen molar-refractivity contribution in [1.29, 1.82) is 0 Å². The van der Waals surface area contributed by atoms with Crippen LogP contribution in [-0.2, 0) is 0 Å². The van der Waals surface area contributed by atoms with E-state index in [4.69, 9.17) is 0 Å². The summed E-state index contributed by atoms with van der Waals surface area (Å²) in [6.45, 7) is 1.90. The molecule has 2 N–H and O–H groups in total. The van der Waals surface area contributed by atoms with Crippen LogP contribution in [0.4, 0.5) is 0 Å². The zero-order valence-electron chi connectivity index (χ0n) is 4.89. The van der Waals surface area contributed by atoms with Gasteiger partial charge in [-0.25, -0.2) is 0 Å². The Morgan fingerprint density at radius 2 is 2.33 bits per heavy atom. The van der Waals surface area contributed by atoms with E-state index in [1.807, 2.05) is 6.92 Å². The summed E-state index contributed by atoms with van der Waals surface area (Å²) in [6.07, 6.45) is 1.66. The minimum absolute atomic E-state index is 0.186. The Balaban J connectivity index is 3.52. The first-order chi connectivity index (χ1) is 4.20. The van der Waals surface area contributed by atoms with Gasteiger partial charge in [0.25, 0.3) is 0 Å². The van der Waals surface area contributed by atoms with Crippen molar-refractivity contribution in [3.05, 3.63) is 26.4 Å². The van der Waals surface area contributed by atoms with E-state index in [9.17, 15) is 4.79 Å². The SMILES string of the molecule is Cc1c[nH]c(=O)[nH]c1=[Se]. The standard InChI is InChI=1S/C5H6N2OSe/c1-3-2-6-5(8)7-4(3)9/h2H,1H3,(H2,6,7,8,9). The molecule has 0 radical (unpaired) electrons. The van der Waals surface area contributed by atoms with Crippen molar-refractivity contribution in [2.45, 2.75) is 6.92 Å². The quantitative estimate of drug-likeness (QED) is 0.541. The number of H-pyrrole nitrogens is 2. The number of hydrogen-bond acceptors (Lipinski definition) is 1. The Morgan fingerprint density at radius 1 is 1.67 bits per heavy atom. The van der Waals surface area contributed by atoms with Crippen LogP contribution in [0, 0.1) is 11.1 Å². The van der Waals surface area contributed by atoms with Gasteiger partial charge in [0.05, 0.1) is 0 Å². The number of aromatic nitrogens is 2. The van der Waals surface area contributed by atoms with Gasteiger partial charge < -0.3 is 0 Å². The van der Waals surface area contributed by atoms with Crippen LogP contribution in [0.15, 0.2) is 11.0 Å². The second-order valence-electron chi connectivity index (χ2n) is 1.75. The van der Waals surface area contributed by atoms with E-state index in [0.29, 0.717) is 0 Å². The molecular formula is C5H6N2OSe. The number of hydrogen-bond donors (Lipinski definition) is 2. The molecule has 0 saturated carbocycles. The van der Waals surface area contributed by atoms with Gasteiger partial charge in [0, 0.05) is 0 Å². The molecule has 3 nitrogen and oxygen atoms in total. The van der Waals surface area contributed by atoms with Crippen LogP contribution in [0.1, 0.15) is 5.56 Å². The molecule has 0 atom stereocenters. The maximum atomic E-state index is 10.5. The summed E-state index contributed by atoms with van der Waals surface area (Å²) >= 11 is 2.74. The Kier molecular flexibility index (Phi) is 1.69. The summed E-state index contributed by atoms with van der Waals surface area (Å²) in [5, 5.41) is 0. The Morgan fingerprint density at radius 3 is 2.78 bits per heavy atom. The van der Waals surface area contributed by atoms with Gasteiger partial charge in [-0.05, 0) is 0 Å². The summed E-state index contributed by atoms with van der Waals surface area (Å²) in [7, 11) is 0. The molecule has 48 valence electrons. The Bertz CT molecular complexity index is 311. The summed E-state index contributed by atoms with van der Waals surface area (Å²) in [5.41, 5.74) is 0.823. The second-order valence-corrected chi connectivity index (χ2v) is 2.61. The molecule has 0 aliphatic heterocycles. The van der Waals surface area contributed by atoms with E-state index in [-0.39, 0.29) is 5.69 Å². The monoisotopic (exact) mass is 190 g/mol. The van der Waals surface area contributed by atoms with Crippen LogP contribution < -0.4 is 5.69 Å². The first kappa shape index (κ1) is 6.52. The Hall–Kier alpha value is -0.601. The van der Waals surface area contributed by atoms with Crippen LogP contribution in [0.2, 0.25) is 0 Å². The summed E-state index contributed by atoms with van der Waals surface area (Å²) in [4.78, 5) is 15.6. The molecule has 4 heteroatoms. The van der Waals surface area contributed by atoms with Crippen molar-refractivity contribution >= 4 is 15.6 Å². The number of aromatic amines is 2. The van der Waals surface area contributed by atoms with Gasteiger partial charge in [0.2, 0.25) is 0 Å². The molecule has 1 aromatic heterocycles. The second kappa shape index (κ2) is 2.33. The van der Waals surface area contributed by atoms with Gasteiger partial charge >= 0.3 is 58.9 Å². The summed E-state index contributed by atoms with van der Waals surface area (Å²) < 4.78 is 0.791. The van der Waals surface area contributed by atoms with Gasteiger partial charge in [0.1, 0.15) is 0 Å². The topological polar surface area (TPSA) is 48.6 Å². The predicted octanol–water partition coefficient (Wildman–Crippen LogP) is -0.288. The van der Waals surface area contributed by atoms with Gasteiger partial charge in [-0.15, -0.1) is 0 Å².